The summed E-state index contributed by atoms with van der Waals surface area (Å²) in [6.07, 6.45) is 4.78. The molecule has 0 aliphatic carbocycles. The maximum absolute atomic E-state index is 14.4. The van der Waals surface area contributed by atoms with E-state index in [0.29, 0.717) is 26.1 Å². The molecule has 4 aromatic carbocycles. The van der Waals surface area contributed by atoms with Crippen LogP contribution >= 0.6 is 0 Å². The van der Waals surface area contributed by atoms with Crippen molar-refractivity contribution in [2.75, 3.05) is 33.3 Å². The minimum atomic E-state index is -0.646. The Kier molecular flexibility index (Phi) is 11.2. The molecule has 6 nitrogen and oxygen atoms in total. The monoisotopic (exact) mass is 601 g/mol. The number of aryl methyl sites for hydroxylation is 1. The summed E-state index contributed by atoms with van der Waals surface area (Å²) in [5.74, 6) is 0.560. The Labute approximate surface area is 267 Å². The zero-order chi connectivity index (χ0) is 31.4. The molecule has 1 aliphatic rings. The van der Waals surface area contributed by atoms with E-state index in [1.807, 2.05) is 65.6 Å². The van der Waals surface area contributed by atoms with E-state index >= 15 is 0 Å². The molecule has 0 unspecified atom stereocenters. The van der Waals surface area contributed by atoms with Gasteiger partial charge in [0.05, 0.1) is 7.11 Å². The third-order valence-corrected chi connectivity index (χ3v) is 8.47. The molecular weight excluding hydrogens is 558 g/mol. The van der Waals surface area contributed by atoms with Crippen LogP contribution in [0.5, 0.6) is 5.75 Å². The van der Waals surface area contributed by atoms with Crippen LogP contribution in [0.3, 0.4) is 0 Å². The van der Waals surface area contributed by atoms with Crippen molar-refractivity contribution in [3.05, 3.63) is 143 Å². The lowest BCUT2D eigenvalue weighted by atomic mass is 10.0. The Morgan fingerprint density at radius 2 is 1.36 bits per heavy atom. The topological polar surface area (TPSA) is 53.1 Å². The van der Waals surface area contributed by atoms with E-state index in [1.54, 1.807) is 24.2 Å². The number of carbonyl (C=O) groups excluding carboxylic acids is 2. The second-order valence-corrected chi connectivity index (χ2v) is 11.5. The lowest BCUT2D eigenvalue weighted by Gasteiger charge is -2.39. The van der Waals surface area contributed by atoms with Crippen LogP contribution in [0.4, 0.5) is 0 Å². The largest absolute Gasteiger partial charge is 0.497 e. The minimum Gasteiger partial charge on any atom is -0.497 e. The van der Waals surface area contributed by atoms with E-state index in [-0.39, 0.29) is 11.8 Å². The molecule has 1 aliphatic heterocycles. The van der Waals surface area contributed by atoms with Crippen molar-refractivity contribution < 1.29 is 14.3 Å². The smallest absolute Gasteiger partial charge is 0.247 e. The number of ether oxygens (including phenoxy) is 1. The zero-order valence-corrected chi connectivity index (χ0v) is 26.3. The number of rotatable bonds is 12. The predicted molar refractivity (Wildman–Crippen MR) is 181 cm³/mol. The number of methoxy groups -OCH3 is 1. The van der Waals surface area contributed by atoms with Gasteiger partial charge in [-0.15, -0.1) is 0 Å². The molecule has 0 spiro atoms. The van der Waals surface area contributed by atoms with Crippen LogP contribution in [-0.2, 0) is 35.5 Å². The number of nitrogens with zero attached hydrogens (tertiary/aromatic N) is 3. The Bertz CT molecular complexity index is 1530. The van der Waals surface area contributed by atoms with Crippen molar-refractivity contribution in [3.63, 3.8) is 0 Å². The van der Waals surface area contributed by atoms with Gasteiger partial charge in [0, 0.05) is 51.8 Å². The van der Waals surface area contributed by atoms with Gasteiger partial charge < -0.3 is 14.5 Å². The van der Waals surface area contributed by atoms with Gasteiger partial charge in [0.25, 0.3) is 0 Å². The highest BCUT2D eigenvalue weighted by molar-refractivity contribution is 5.95. The molecule has 0 radical (unpaired) electrons. The van der Waals surface area contributed by atoms with Crippen LogP contribution in [0.25, 0.3) is 6.08 Å². The van der Waals surface area contributed by atoms with Crippen LogP contribution in [0.2, 0.25) is 0 Å². The Hall–Kier alpha value is -4.68. The van der Waals surface area contributed by atoms with Gasteiger partial charge in [-0.05, 0) is 52.4 Å². The quantitative estimate of drug-likeness (QED) is 0.180. The number of benzene rings is 4. The lowest BCUT2D eigenvalue weighted by Crippen LogP contribution is -2.56. The van der Waals surface area contributed by atoms with E-state index in [2.05, 4.69) is 60.4 Å². The average molecular weight is 602 g/mol. The molecule has 232 valence electrons. The predicted octanol–water partition coefficient (Wildman–Crippen LogP) is 6.26. The van der Waals surface area contributed by atoms with Crippen LogP contribution in [0.1, 0.15) is 34.7 Å². The summed E-state index contributed by atoms with van der Waals surface area (Å²) in [4.78, 5) is 34.6. The van der Waals surface area contributed by atoms with Crippen molar-refractivity contribution in [3.8, 4) is 5.75 Å². The maximum Gasteiger partial charge on any atom is 0.247 e. The van der Waals surface area contributed by atoms with Gasteiger partial charge in [-0.3, -0.25) is 14.5 Å². The normalized spacial score (nSPS) is 14.3. The van der Waals surface area contributed by atoms with Crippen LogP contribution in [0.15, 0.2) is 115 Å². The van der Waals surface area contributed by atoms with Crippen LogP contribution in [0, 0.1) is 0 Å². The minimum absolute atomic E-state index is 0.00501. The van der Waals surface area contributed by atoms with Crippen molar-refractivity contribution in [2.24, 2.45) is 0 Å². The first-order valence-corrected chi connectivity index (χ1v) is 15.8. The van der Waals surface area contributed by atoms with E-state index in [9.17, 15) is 9.59 Å². The van der Waals surface area contributed by atoms with Gasteiger partial charge in [-0.25, -0.2) is 0 Å². The second-order valence-electron chi connectivity index (χ2n) is 11.5. The van der Waals surface area contributed by atoms with Gasteiger partial charge in [0.15, 0.2) is 0 Å². The average Bonchev–Trinajstić information content (AvgIpc) is 3.10. The summed E-state index contributed by atoms with van der Waals surface area (Å²) in [6.45, 7) is 6.18. The molecule has 5 rings (SSSR count). The van der Waals surface area contributed by atoms with Crippen molar-refractivity contribution in [1.82, 2.24) is 14.7 Å². The van der Waals surface area contributed by atoms with Gasteiger partial charge in [-0.2, -0.15) is 0 Å². The van der Waals surface area contributed by atoms with Gasteiger partial charge in [-0.1, -0.05) is 104 Å². The highest BCUT2D eigenvalue weighted by Gasteiger charge is 2.34. The molecule has 45 heavy (non-hydrogen) atoms. The van der Waals surface area contributed by atoms with Gasteiger partial charge in [0.1, 0.15) is 11.8 Å². The number of hydrogen-bond acceptors (Lipinski definition) is 4. The first kappa shape index (κ1) is 31.7. The molecule has 4 aromatic rings. The molecule has 1 heterocycles. The van der Waals surface area contributed by atoms with Crippen molar-refractivity contribution >= 4 is 17.9 Å². The van der Waals surface area contributed by atoms with Crippen molar-refractivity contribution in [1.29, 1.82) is 0 Å². The van der Waals surface area contributed by atoms with E-state index in [1.165, 1.54) is 11.1 Å². The molecule has 0 aromatic heterocycles. The summed E-state index contributed by atoms with van der Waals surface area (Å²) in [5.41, 5.74) is 5.42. The summed E-state index contributed by atoms with van der Waals surface area (Å²) in [7, 11) is 1.63. The fourth-order valence-electron chi connectivity index (χ4n) is 5.74. The van der Waals surface area contributed by atoms with Crippen LogP contribution in [-0.4, -0.2) is 65.8 Å². The van der Waals surface area contributed by atoms with Crippen LogP contribution < -0.4 is 4.74 Å². The highest BCUT2D eigenvalue weighted by Crippen LogP contribution is 2.20. The third-order valence-electron chi connectivity index (χ3n) is 8.47. The molecule has 1 saturated heterocycles. The Morgan fingerprint density at radius 1 is 0.756 bits per heavy atom. The number of piperazine rings is 1. The van der Waals surface area contributed by atoms with Gasteiger partial charge >= 0.3 is 0 Å². The summed E-state index contributed by atoms with van der Waals surface area (Å²) in [6, 6.07) is 35.7. The van der Waals surface area contributed by atoms with E-state index in [4.69, 9.17) is 4.74 Å². The summed E-state index contributed by atoms with van der Waals surface area (Å²) < 4.78 is 5.28. The number of amides is 2. The molecule has 0 saturated carbocycles. The molecule has 0 N–H and O–H groups in total. The second kappa shape index (κ2) is 15.9. The Balaban J connectivity index is 1.40. The van der Waals surface area contributed by atoms with E-state index in [0.717, 1.165) is 48.5 Å². The lowest BCUT2D eigenvalue weighted by molar-refractivity contribution is -0.145. The van der Waals surface area contributed by atoms with Gasteiger partial charge in [0.2, 0.25) is 11.8 Å². The fourth-order valence-corrected chi connectivity index (χ4v) is 5.74. The van der Waals surface area contributed by atoms with E-state index < -0.39 is 6.04 Å². The molecule has 1 atom stereocenters. The molecule has 6 heteroatoms. The number of hydrogen-bond donors (Lipinski definition) is 0. The summed E-state index contributed by atoms with van der Waals surface area (Å²) >= 11 is 0. The maximum atomic E-state index is 14.4. The fraction of sp³-hybridized carbons (Fsp3) is 0.282. The summed E-state index contributed by atoms with van der Waals surface area (Å²) in [5, 5.41) is 0. The molecule has 0 bridgehead atoms. The first-order valence-electron chi connectivity index (χ1n) is 15.8. The molecule has 1 fully saturated rings. The standard InChI is InChI=1S/C39H43N3O3/c1-3-31-14-16-35(17-15-31)30-42(38(43)23-20-32-18-21-36(45-2)22-19-32)37(28-33-10-6-4-7-11-33)39(44)41-26-24-40(25-27-41)29-34-12-8-5-9-13-34/h4-23,37H,3,24-30H2,1-2H3/b23-20+/t37-/m0/s1. The molecular formula is C39H43N3O3. The molecule has 2 amide bonds. The SMILES string of the molecule is CCc1ccc(CN(C(=O)/C=C/c2ccc(OC)cc2)[C@@H](Cc2ccccc2)C(=O)N2CCN(Cc3ccccc3)CC2)cc1. The Morgan fingerprint density at radius 3 is 1.96 bits per heavy atom. The third kappa shape index (κ3) is 8.93. The highest BCUT2D eigenvalue weighted by atomic mass is 16.5. The first-order chi connectivity index (χ1) is 22.0. The van der Waals surface area contributed by atoms with Crippen molar-refractivity contribution in [2.45, 2.75) is 38.9 Å². The number of carbonyl (C=O) groups is 2. The zero-order valence-electron chi connectivity index (χ0n) is 26.3.